The Balaban J connectivity index is 1.22. The van der Waals surface area contributed by atoms with Crippen LogP contribution >= 0.6 is 0 Å². The Morgan fingerprint density at radius 1 is 0.232 bits per heavy atom. The molecule has 0 aliphatic carbocycles. The molecule has 0 aromatic heterocycles. The molecule has 82 heavy (non-hydrogen) atoms. The van der Waals surface area contributed by atoms with Crippen LogP contribution < -0.4 is 9.64 Å². The summed E-state index contributed by atoms with van der Waals surface area (Å²) in [6, 6.07) is 38.6. The van der Waals surface area contributed by atoms with Gasteiger partial charge in [0.05, 0.1) is 22.3 Å². The highest BCUT2D eigenvalue weighted by molar-refractivity contribution is 6.07. The van der Waals surface area contributed by atoms with E-state index >= 15 is 0 Å². The maximum Gasteiger partial charge on any atom is 0.208 e. The second-order valence-corrected chi connectivity index (χ2v) is 19.0. The molecule has 0 bridgehead atoms. The summed E-state index contributed by atoms with van der Waals surface area (Å²) in [5, 5.41) is 216. The lowest BCUT2D eigenvalue weighted by Gasteiger charge is -2.36. The third-order valence-corrected chi connectivity index (χ3v) is 14.3. The van der Waals surface area contributed by atoms with E-state index in [0.717, 1.165) is 29.2 Å². The van der Waals surface area contributed by atoms with E-state index in [0.29, 0.717) is 27.2 Å². The third kappa shape index (κ3) is 7.63. The van der Waals surface area contributed by atoms with Gasteiger partial charge in [-0.2, -0.15) is 0 Å². The summed E-state index contributed by atoms with van der Waals surface area (Å²) in [6.45, 7) is 0.955. The monoisotopic (exact) mass is 1110 g/mol. The SMILES string of the molecule is Cc1c(O)c(N2c3c(O)c(O)c(-c4cc(-c5cccc(-c6ccccc6)c5)cc(-c5cccc(-c6ccccc6)c5)c4)c(O)c3Oc3c(O)c(-c4c(O)c(O)c(O)c(O)c4O)c(O)c(O)c32)c(O)c(O)c1-c1c(O)c(O)c(O)c(O)c1O. The number of benzene rings is 10. The standard InChI is InChI=1S/C61H43NO20/c1-23-33(35-45(67)54(76)58(80)55(77)46(35)68)42(64)51(73)38(41(23)63)62-39-52(74)43(65)34(49(71)60(39)82-61-40(62)53(75)44(66)37(50(61)72)36-47(69)56(78)59(81)57(79)48(36)70)32-21-30(28-16-8-14-26(18-28)24-10-4-2-5-11-24)20-31(22-32)29-17-9-15-27(19-29)25-12-6-3-7-13-25/h2-22,63-81H,1H3. The quantitative estimate of drug-likeness (QED) is 0.0496. The van der Waals surface area contributed by atoms with Crippen molar-refractivity contribution in [3.05, 3.63) is 133 Å². The molecule has 21 heteroatoms. The normalized spacial score (nSPS) is 11.7. The Hall–Kier alpha value is -12.0. The molecule has 0 fully saturated rings. The lowest BCUT2D eigenvalue weighted by atomic mass is 9.90. The Morgan fingerprint density at radius 2 is 0.512 bits per heavy atom. The van der Waals surface area contributed by atoms with Gasteiger partial charge in [0.1, 0.15) is 22.8 Å². The number of fused-ring (bicyclic) bond motifs is 2. The highest BCUT2D eigenvalue weighted by atomic mass is 16.5. The Morgan fingerprint density at radius 3 is 0.939 bits per heavy atom. The lowest BCUT2D eigenvalue weighted by molar-refractivity contribution is 0.328. The molecule has 0 amide bonds. The van der Waals surface area contributed by atoms with Crippen molar-refractivity contribution in [1.29, 1.82) is 0 Å². The van der Waals surface area contributed by atoms with Crippen molar-refractivity contribution in [2.24, 2.45) is 0 Å². The third-order valence-electron chi connectivity index (χ3n) is 14.3. The average Bonchev–Trinajstić information content (AvgIpc) is 3.29. The number of nitrogens with zero attached hydrogens (tertiary/aromatic N) is 1. The largest absolute Gasteiger partial charge is 0.505 e. The summed E-state index contributed by atoms with van der Waals surface area (Å²) in [7, 11) is 0. The molecule has 19 N–H and O–H groups in total. The smallest absolute Gasteiger partial charge is 0.208 e. The number of hydrogen-bond donors (Lipinski definition) is 19. The van der Waals surface area contributed by atoms with Crippen molar-refractivity contribution in [3.8, 4) is 199 Å². The maximum atomic E-state index is 12.8. The Labute approximate surface area is 460 Å². The molecule has 11 rings (SSSR count). The van der Waals surface area contributed by atoms with Gasteiger partial charge in [-0.25, -0.2) is 0 Å². The van der Waals surface area contributed by atoms with Crippen LogP contribution in [0.1, 0.15) is 5.56 Å². The van der Waals surface area contributed by atoms with E-state index in [2.05, 4.69) is 0 Å². The van der Waals surface area contributed by atoms with Crippen molar-refractivity contribution in [3.63, 3.8) is 0 Å². The number of phenols is 19. The summed E-state index contributed by atoms with van der Waals surface area (Å²) >= 11 is 0. The maximum absolute atomic E-state index is 12.8. The van der Waals surface area contributed by atoms with Gasteiger partial charge in [-0.15, -0.1) is 0 Å². The molecular weight excluding hydrogens is 1070 g/mol. The fourth-order valence-corrected chi connectivity index (χ4v) is 10.2. The van der Waals surface area contributed by atoms with Crippen LogP contribution in [0, 0.1) is 6.92 Å². The summed E-state index contributed by atoms with van der Waals surface area (Å²) in [4.78, 5) is 0.329. The predicted molar refractivity (Wildman–Crippen MR) is 296 cm³/mol. The van der Waals surface area contributed by atoms with E-state index in [4.69, 9.17) is 4.74 Å². The van der Waals surface area contributed by atoms with Gasteiger partial charge in [0.15, 0.2) is 80.5 Å². The highest BCUT2D eigenvalue weighted by Crippen LogP contribution is 2.72. The van der Waals surface area contributed by atoms with Crippen molar-refractivity contribution < 1.29 is 102 Å². The van der Waals surface area contributed by atoms with Gasteiger partial charge in [0, 0.05) is 11.1 Å². The number of rotatable bonds is 8. The second-order valence-electron chi connectivity index (χ2n) is 19.0. The van der Waals surface area contributed by atoms with E-state index in [-0.39, 0.29) is 5.56 Å². The zero-order chi connectivity index (χ0) is 58.7. The Kier molecular flexibility index (Phi) is 12.0. The molecule has 10 aromatic carbocycles. The summed E-state index contributed by atoms with van der Waals surface area (Å²) in [6.07, 6.45) is 0. The van der Waals surface area contributed by atoms with Crippen LogP contribution in [0.15, 0.2) is 127 Å². The van der Waals surface area contributed by atoms with Crippen molar-refractivity contribution >= 4 is 17.1 Å². The van der Waals surface area contributed by atoms with Gasteiger partial charge >= 0.3 is 0 Å². The van der Waals surface area contributed by atoms with Gasteiger partial charge in [-0.3, -0.25) is 4.90 Å². The fourth-order valence-electron chi connectivity index (χ4n) is 10.2. The van der Waals surface area contributed by atoms with E-state index in [9.17, 15) is 97.0 Å². The first-order valence-electron chi connectivity index (χ1n) is 24.3. The first kappa shape index (κ1) is 52.1. The topological polar surface area (TPSA) is 397 Å². The number of ether oxygens (including phenoxy) is 1. The minimum Gasteiger partial charge on any atom is -0.505 e. The van der Waals surface area contributed by atoms with Crippen molar-refractivity contribution in [1.82, 2.24) is 0 Å². The van der Waals surface area contributed by atoms with Crippen LogP contribution in [0.5, 0.6) is 121 Å². The molecule has 0 radical (unpaired) electrons. The van der Waals surface area contributed by atoms with E-state index in [1.165, 1.54) is 0 Å². The molecule has 1 aliphatic rings. The summed E-state index contributed by atoms with van der Waals surface area (Å²) in [5.41, 5.74) is -3.88. The minimum atomic E-state index is -1.61. The Bertz CT molecular complexity index is 4160. The number of aromatic hydroxyl groups is 19. The molecule has 0 unspecified atom stereocenters. The molecule has 10 aromatic rings. The fraction of sp³-hybridized carbons (Fsp3) is 0.0164. The molecule has 0 saturated heterocycles. The van der Waals surface area contributed by atoms with Crippen LogP contribution in [0.4, 0.5) is 17.1 Å². The van der Waals surface area contributed by atoms with Crippen molar-refractivity contribution in [2.75, 3.05) is 4.90 Å². The van der Waals surface area contributed by atoms with E-state index in [1.807, 2.05) is 103 Å². The second kappa shape index (κ2) is 18.9. The highest BCUT2D eigenvalue weighted by Gasteiger charge is 2.45. The zero-order valence-electron chi connectivity index (χ0n) is 42.0. The molecule has 0 atom stereocenters. The van der Waals surface area contributed by atoms with E-state index in [1.54, 1.807) is 24.3 Å². The number of anilines is 3. The molecule has 21 nitrogen and oxygen atoms in total. The molecule has 0 spiro atoms. The average molecular weight is 1110 g/mol. The summed E-state index contributed by atoms with van der Waals surface area (Å²) < 4.78 is 6.12. The molecule has 412 valence electrons. The van der Waals surface area contributed by atoms with Gasteiger partial charge in [0.25, 0.3) is 0 Å². The molecule has 1 aliphatic heterocycles. The van der Waals surface area contributed by atoms with Gasteiger partial charge in [0.2, 0.25) is 34.5 Å². The number of phenolic OH excluding ortho intramolecular Hbond substituents is 19. The van der Waals surface area contributed by atoms with Gasteiger partial charge < -0.3 is 102 Å². The lowest BCUT2D eigenvalue weighted by Crippen LogP contribution is -2.18. The van der Waals surface area contributed by atoms with E-state index < -0.39 is 171 Å². The van der Waals surface area contributed by atoms with Crippen LogP contribution in [-0.2, 0) is 0 Å². The van der Waals surface area contributed by atoms with Crippen LogP contribution in [-0.4, -0.2) is 97.0 Å². The first-order valence-corrected chi connectivity index (χ1v) is 24.3. The molecule has 1 heterocycles. The van der Waals surface area contributed by atoms with Gasteiger partial charge in [-0.05, 0) is 87.3 Å². The van der Waals surface area contributed by atoms with Crippen molar-refractivity contribution in [2.45, 2.75) is 6.92 Å². The first-order chi connectivity index (χ1) is 39.0. The van der Waals surface area contributed by atoms with Crippen LogP contribution in [0.3, 0.4) is 0 Å². The minimum absolute atomic E-state index is 0.0383. The number of hydrogen-bond acceptors (Lipinski definition) is 21. The van der Waals surface area contributed by atoms with Crippen LogP contribution in [0.2, 0.25) is 0 Å². The van der Waals surface area contributed by atoms with Gasteiger partial charge in [-0.1, -0.05) is 97.1 Å². The van der Waals surface area contributed by atoms with Crippen LogP contribution in [0.25, 0.3) is 77.9 Å². The molecular formula is C61H43NO20. The summed E-state index contributed by atoms with van der Waals surface area (Å²) in [5.74, 6) is -29.6. The zero-order valence-corrected chi connectivity index (χ0v) is 42.0. The predicted octanol–water partition coefficient (Wildman–Crippen LogP) is 11.6. The molecule has 0 saturated carbocycles.